The number of anilines is 2. The molecule has 2 N–H and O–H groups in total. The van der Waals surface area contributed by atoms with E-state index in [-0.39, 0.29) is 24.0 Å². The lowest BCUT2D eigenvalue weighted by Gasteiger charge is -2.06. The Morgan fingerprint density at radius 3 is 2.53 bits per heavy atom. The van der Waals surface area contributed by atoms with Gasteiger partial charge in [0.25, 0.3) is 5.91 Å². The Labute approximate surface area is 177 Å². The van der Waals surface area contributed by atoms with Crippen LogP contribution in [0.15, 0.2) is 64.4 Å². The van der Waals surface area contributed by atoms with Gasteiger partial charge in [-0.05, 0) is 35.7 Å². The number of aromatic nitrogens is 1. The van der Waals surface area contributed by atoms with E-state index in [4.69, 9.17) is 4.42 Å². The summed E-state index contributed by atoms with van der Waals surface area (Å²) in [4.78, 5) is 29.1. The number of nitrogens with one attached hydrogen (secondary N) is 2. The Hall–Kier alpha value is -3.45. The molecule has 2 amide bonds. The van der Waals surface area contributed by atoms with Gasteiger partial charge in [-0.1, -0.05) is 44.2 Å². The average Bonchev–Trinajstić information content (AvgIpc) is 3.36. The predicted molar refractivity (Wildman–Crippen MR) is 119 cm³/mol. The third-order valence-electron chi connectivity index (χ3n) is 4.59. The zero-order chi connectivity index (χ0) is 21.1. The first-order valence-corrected chi connectivity index (χ1v) is 10.5. The van der Waals surface area contributed by atoms with Crippen molar-refractivity contribution < 1.29 is 14.0 Å². The SMILES string of the molecule is CC(C)c1csc(NC(=O)Cc2ccc(NC(=O)c3cc4ccccc4o3)cc2)n1. The summed E-state index contributed by atoms with van der Waals surface area (Å²) in [5.74, 6) is 0.137. The van der Waals surface area contributed by atoms with Gasteiger partial charge < -0.3 is 15.1 Å². The van der Waals surface area contributed by atoms with E-state index >= 15 is 0 Å². The monoisotopic (exact) mass is 419 g/mol. The van der Waals surface area contributed by atoms with Gasteiger partial charge in [0.15, 0.2) is 10.9 Å². The van der Waals surface area contributed by atoms with E-state index in [2.05, 4.69) is 29.5 Å². The number of benzene rings is 2. The van der Waals surface area contributed by atoms with Crippen molar-refractivity contribution in [1.82, 2.24) is 4.98 Å². The lowest BCUT2D eigenvalue weighted by molar-refractivity contribution is -0.115. The van der Waals surface area contributed by atoms with E-state index in [1.807, 2.05) is 41.8 Å². The Morgan fingerprint density at radius 2 is 1.83 bits per heavy atom. The molecule has 2 aromatic carbocycles. The summed E-state index contributed by atoms with van der Waals surface area (Å²) >= 11 is 1.43. The molecule has 0 spiro atoms. The Kier molecular flexibility index (Phi) is 5.63. The molecule has 0 atom stereocenters. The minimum absolute atomic E-state index is 0.126. The van der Waals surface area contributed by atoms with Gasteiger partial charge in [0.2, 0.25) is 5.91 Å². The summed E-state index contributed by atoms with van der Waals surface area (Å²) in [6, 6.07) is 16.3. The number of hydrogen-bond donors (Lipinski definition) is 2. The third-order valence-corrected chi connectivity index (χ3v) is 5.36. The van der Waals surface area contributed by atoms with Crippen LogP contribution >= 0.6 is 11.3 Å². The first kappa shape index (κ1) is 19.8. The summed E-state index contributed by atoms with van der Waals surface area (Å²) in [6.45, 7) is 4.13. The summed E-state index contributed by atoms with van der Waals surface area (Å²) in [6.07, 6.45) is 0.231. The molecule has 0 unspecified atom stereocenters. The normalized spacial score (nSPS) is 11.0. The van der Waals surface area contributed by atoms with Crippen molar-refractivity contribution in [2.24, 2.45) is 0 Å². The van der Waals surface area contributed by atoms with Crippen molar-refractivity contribution in [3.63, 3.8) is 0 Å². The maximum Gasteiger partial charge on any atom is 0.291 e. The topological polar surface area (TPSA) is 84.2 Å². The lowest BCUT2D eigenvalue weighted by atomic mass is 10.1. The molecule has 7 heteroatoms. The highest BCUT2D eigenvalue weighted by Crippen LogP contribution is 2.22. The van der Waals surface area contributed by atoms with Crippen molar-refractivity contribution >= 4 is 44.9 Å². The number of furan rings is 1. The van der Waals surface area contributed by atoms with Crippen LogP contribution in [0, 0.1) is 0 Å². The molecule has 2 aromatic heterocycles. The van der Waals surface area contributed by atoms with Gasteiger partial charge in [0.1, 0.15) is 5.58 Å². The number of carbonyl (C=O) groups excluding carboxylic acids is 2. The molecule has 4 rings (SSSR count). The molecule has 152 valence electrons. The fraction of sp³-hybridized carbons (Fsp3) is 0.174. The fourth-order valence-corrected chi connectivity index (χ4v) is 3.84. The first-order chi connectivity index (χ1) is 14.5. The predicted octanol–water partition coefficient (Wildman–Crippen LogP) is 5.45. The van der Waals surface area contributed by atoms with Crippen molar-refractivity contribution in [1.29, 1.82) is 0 Å². The van der Waals surface area contributed by atoms with Crippen LogP contribution in [0.1, 0.15) is 41.6 Å². The number of fused-ring (bicyclic) bond motifs is 1. The number of rotatable bonds is 6. The molecule has 6 nitrogen and oxygen atoms in total. The van der Waals surface area contributed by atoms with E-state index in [0.717, 1.165) is 16.6 Å². The summed E-state index contributed by atoms with van der Waals surface area (Å²) in [7, 11) is 0. The zero-order valence-corrected chi connectivity index (χ0v) is 17.5. The molecule has 0 saturated carbocycles. The largest absolute Gasteiger partial charge is 0.451 e. The number of amides is 2. The number of para-hydroxylation sites is 1. The molecular weight excluding hydrogens is 398 g/mol. The smallest absolute Gasteiger partial charge is 0.291 e. The summed E-state index contributed by atoms with van der Waals surface area (Å²) in [5.41, 5.74) is 3.12. The highest BCUT2D eigenvalue weighted by Gasteiger charge is 2.13. The van der Waals surface area contributed by atoms with Crippen LogP contribution in [0.3, 0.4) is 0 Å². The molecule has 0 aliphatic carbocycles. The van der Waals surface area contributed by atoms with Crippen LogP contribution in [-0.4, -0.2) is 16.8 Å². The van der Waals surface area contributed by atoms with Gasteiger partial charge >= 0.3 is 0 Å². The Balaban J connectivity index is 1.35. The maximum absolute atomic E-state index is 12.4. The highest BCUT2D eigenvalue weighted by atomic mass is 32.1. The highest BCUT2D eigenvalue weighted by molar-refractivity contribution is 7.13. The van der Waals surface area contributed by atoms with E-state index in [1.54, 1.807) is 18.2 Å². The minimum Gasteiger partial charge on any atom is -0.451 e. The molecular formula is C23H21N3O3S. The molecule has 4 aromatic rings. The van der Waals surface area contributed by atoms with Gasteiger partial charge in [-0.2, -0.15) is 0 Å². The molecule has 0 saturated heterocycles. The van der Waals surface area contributed by atoms with Gasteiger partial charge in [-0.3, -0.25) is 9.59 Å². The first-order valence-electron chi connectivity index (χ1n) is 9.62. The Morgan fingerprint density at radius 1 is 1.07 bits per heavy atom. The van der Waals surface area contributed by atoms with Crippen LogP contribution in [0.4, 0.5) is 10.8 Å². The summed E-state index contributed by atoms with van der Waals surface area (Å²) < 4.78 is 5.58. The van der Waals surface area contributed by atoms with Crippen LogP contribution in [0.5, 0.6) is 0 Å². The number of thiazole rings is 1. The quantitative estimate of drug-likeness (QED) is 0.435. The van der Waals surface area contributed by atoms with E-state index in [1.165, 1.54) is 11.3 Å². The van der Waals surface area contributed by atoms with E-state index in [0.29, 0.717) is 22.3 Å². The standard InChI is InChI=1S/C23H21N3O3S/c1-14(2)18-13-30-23(25-18)26-21(27)11-15-7-9-17(10-8-15)24-22(28)20-12-16-5-3-4-6-19(16)29-20/h3-10,12-14H,11H2,1-2H3,(H,24,28)(H,25,26,27). The summed E-state index contributed by atoms with van der Waals surface area (Å²) in [5, 5.41) is 9.09. The average molecular weight is 420 g/mol. The van der Waals surface area contributed by atoms with Gasteiger partial charge in [0.05, 0.1) is 12.1 Å². The second-order valence-electron chi connectivity index (χ2n) is 7.26. The molecule has 0 fully saturated rings. The molecule has 0 radical (unpaired) electrons. The maximum atomic E-state index is 12.4. The number of carbonyl (C=O) groups is 2. The van der Waals surface area contributed by atoms with Gasteiger partial charge in [-0.25, -0.2) is 4.98 Å². The van der Waals surface area contributed by atoms with Gasteiger partial charge in [-0.15, -0.1) is 11.3 Å². The van der Waals surface area contributed by atoms with Crippen LogP contribution in [-0.2, 0) is 11.2 Å². The number of hydrogen-bond acceptors (Lipinski definition) is 5. The van der Waals surface area contributed by atoms with Crippen LogP contribution in [0.25, 0.3) is 11.0 Å². The number of nitrogens with zero attached hydrogens (tertiary/aromatic N) is 1. The molecule has 30 heavy (non-hydrogen) atoms. The van der Waals surface area contributed by atoms with Crippen molar-refractivity contribution in [3.05, 3.63) is 77.0 Å². The second-order valence-corrected chi connectivity index (χ2v) is 8.11. The molecule has 2 heterocycles. The molecule has 0 aliphatic heterocycles. The second kappa shape index (κ2) is 8.51. The van der Waals surface area contributed by atoms with Gasteiger partial charge in [0, 0.05) is 16.5 Å². The van der Waals surface area contributed by atoms with Crippen molar-refractivity contribution in [2.45, 2.75) is 26.2 Å². The van der Waals surface area contributed by atoms with E-state index in [9.17, 15) is 9.59 Å². The minimum atomic E-state index is -0.318. The van der Waals surface area contributed by atoms with E-state index < -0.39 is 0 Å². The Bertz CT molecular complexity index is 1160. The van der Waals surface area contributed by atoms with Crippen molar-refractivity contribution in [3.8, 4) is 0 Å². The third kappa shape index (κ3) is 4.58. The zero-order valence-electron chi connectivity index (χ0n) is 16.6. The molecule has 0 bridgehead atoms. The fourth-order valence-electron chi connectivity index (χ4n) is 2.95. The van der Waals surface area contributed by atoms with Crippen molar-refractivity contribution in [2.75, 3.05) is 10.6 Å². The van der Waals surface area contributed by atoms with Crippen LogP contribution < -0.4 is 10.6 Å². The molecule has 0 aliphatic rings. The lowest BCUT2D eigenvalue weighted by Crippen LogP contribution is -2.14. The van der Waals surface area contributed by atoms with Crippen LogP contribution in [0.2, 0.25) is 0 Å².